The fourth-order valence-corrected chi connectivity index (χ4v) is 1.82. The van der Waals surface area contributed by atoms with Crippen molar-refractivity contribution in [2.24, 2.45) is 0 Å². The lowest BCUT2D eigenvalue weighted by molar-refractivity contribution is 0.696. The van der Waals surface area contributed by atoms with Crippen LogP contribution in [-0.2, 0) is 0 Å². The molecule has 1 rings (SSSR count). The first-order chi connectivity index (χ1) is 7.02. The van der Waals surface area contributed by atoms with Gasteiger partial charge >= 0.3 is 0 Å². The molecule has 0 aliphatic heterocycles. The van der Waals surface area contributed by atoms with Crippen LogP contribution in [0.1, 0.15) is 19.4 Å². The van der Waals surface area contributed by atoms with Gasteiger partial charge in [0.25, 0.3) is 0 Å². The third-order valence-electron chi connectivity index (χ3n) is 2.40. The Kier molecular flexibility index (Phi) is 4.65. The molecule has 82 valence electrons. The zero-order chi connectivity index (χ0) is 11.4. The van der Waals surface area contributed by atoms with Crippen molar-refractivity contribution in [3.05, 3.63) is 39.4 Å². The second kappa shape index (κ2) is 5.55. The number of benzene rings is 1. The second-order valence-corrected chi connectivity index (χ2v) is 4.47. The minimum Gasteiger partial charge on any atom is -0.314 e. The Morgan fingerprint density at radius 2 is 1.80 bits per heavy atom. The van der Waals surface area contributed by atoms with Crippen molar-refractivity contribution in [2.45, 2.75) is 19.9 Å². The van der Waals surface area contributed by atoms with Crippen molar-refractivity contribution in [2.75, 3.05) is 7.05 Å². The van der Waals surface area contributed by atoms with E-state index in [4.69, 9.17) is 23.2 Å². The zero-order valence-electron chi connectivity index (χ0n) is 9.14. The van der Waals surface area contributed by atoms with Gasteiger partial charge in [0.1, 0.15) is 0 Å². The summed E-state index contributed by atoms with van der Waals surface area (Å²) in [5.74, 6) is 0. The van der Waals surface area contributed by atoms with E-state index in [2.05, 4.69) is 25.2 Å². The van der Waals surface area contributed by atoms with Crippen LogP contribution in [0.2, 0.25) is 10.0 Å². The molecular formula is C12H15Cl2N. The van der Waals surface area contributed by atoms with E-state index in [0.29, 0.717) is 16.1 Å². The molecule has 0 aliphatic carbocycles. The Morgan fingerprint density at radius 3 is 2.27 bits per heavy atom. The van der Waals surface area contributed by atoms with Crippen LogP contribution in [0.15, 0.2) is 23.8 Å². The first kappa shape index (κ1) is 12.6. The van der Waals surface area contributed by atoms with Crippen LogP contribution in [0.5, 0.6) is 0 Å². The molecule has 1 aromatic carbocycles. The van der Waals surface area contributed by atoms with Crippen LogP contribution in [0.25, 0.3) is 6.08 Å². The zero-order valence-corrected chi connectivity index (χ0v) is 10.7. The highest BCUT2D eigenvalue weighted by Crippen LogP contribution is 2.21. The number of halogens is 2. The predicted octanol–water partition coefficient (Wildman–Crippen LogP) is 4.00. The molecule has 1 N–H and O–H groups in total. The van der Waals surface area contributed by atoms with Gasteiger partial charge in [-0.25, -0.2) is 0 Å². The molecule has 0 spiro atoms. The Bertz CT molecular complexity index is 352. The Balaban J connectivity index is 2.97. The average molecular weight is 244 g/mol. The van der Waals surface area contributed by atoms with E-state index >= 15 is 0 Å². The lowest BCUT2D eigenvalue weighted by atomic mass is 10.1. The highest BCUT2D eigenvalue weighted by Gasteiger charge is 2.01. The quantitative estimate of drug-likeness (QED) is 0.847. The fourth-order valence-electron chi connectivity index (χ4n) is 1.27. The number of likely N-dealkylation sites (N-methyl/N-ethyl adjacent to an activating group) is 1. The van der Waals surface area contributed by atoms with E-state index in [9.17, 15) is 0 Å². The van der Waals surface area contributed by atoms with E-state index in [1.807, 2.05) is 19.2 Å². The van der Waals surface area contributed by atoms with Gasteiger partial charge < -0.3 is 5.32 Å². The van der Waals surface area contributed by atoms with Gasteiger partial charge in [0, 0.05) is 16.1 Å². The summed E-state index contributed by atoms with van der Waals surface area (Å²) in [6.07, 6.45) is 2.08. The largest absolute Gasteiger partial charge is 0.314 e. The Hall–Kier alpha value is -0.500. The van der Waals surface area contributed by atoms with Gasteiger partial charge in [-0.2, -0.15) is 0 Å². The molecule has 0 saturated carbocycles. The van der Waals surface area contributed by atoms with Gasteiger partial charge in [-0.15, -0.1) is 0 Å². The highest BCUT2D eigenvalue weighted by molar-refractivity contribution is 6.34. The SMILES string of the molecule is CNC(C)/C(C)=C/c1cc(Cl)cc(Cl)c1. The predicted molar refractivity (Wildman–Crippen MR) is 68.6 cm³/mol. The van der Waals surface area contributed by atoms with Crippen molar-refractivity contribution in [1.29, 1.82) is 0 Å². The lowest BCUT2D eigenvalue weighted by Gasteiger charge is -2.10. The normalized spacial score (nSPS) is 14.1. The Morgan fingerprint density at radius 1 is 1.27 bits per heavy atom. The summed E-state index contributed by atoms with van der Waals surface area (Å²) < 4.78 is 0. The number of hydrogen-bond donors (Lipinski definition) is 1. The van der Waals surface area contributed by atoms with Crippen molar-refractivity contribution < 1.29 is 0 Å². The molecule has 0 aliphatic rings. The van der Waals surface area contributed by atoms with Gasteiger partial charge in [0.05, 0.1) is 0 Å². The molecule has 0 fully saturated rings. The topological polar surface area (TPSA) is 12.0 Å². The molecule has 0 bridgehead atoms. The summed E-state index contributed by atoms with van der Waals surface area (Å²) in [7, 11) is 1.94. The molecule has 15 heavy (non-hydrogen) atoms. The highest BCUT2D eigenvalue weighted by atomic mass is 35.5. The first-order valence-corrected chi connectivity index (χ1v) is 5.60. The monoisotopic (exact) mass is 243 g/mol. The summed E-state index contributed by atoms with van der Waals surface area (Å²) in [6.45, 7) is 4.19. The lowest BCUT2D eigenvalue weighted by Crippen LogP contribution is -2.21. The summed E-state index contributed by atoms with van der Waals surface area (Å²) in [5, 5.41) is 4.51. The van der Waals surface area contributed by atoms with Gasteiger partial charge in [0.2, 0.25) is 0 Å². The molecule has 1 atom stereocenters. The first-order valence-electron chi connectivity index (χ1n) is 4.84. The third kappa shape index (κ3) is 3.86. The summed E-state index contributed by atoms with van der Waals surface area (Å²) in [6, 6.07) is 5.89. The third-order valence-corrected chi connectivity index (χ3v) is 2.83. The molecule has 0 aromatic heterocycles. The maximum atomic E-state index is 5.92. The van der Waals surface area contributed by atoms with Crippen LogP contribution in [0, 0.1) is 0 Å². The van der Waals surface area contributed by atoms with Crippen molar-refractivity contribution in [3.63, 3.8) is 0 Å². The number of nitrogens with one attached hydrogen (secondary N) is 1. The van der Waals surface area contributed by atoms with Crippen molar-refractivity contribution in [3.8, 4) is 0 Å². The summed E-state index contributed by atoms with van der Waals surface area (Å²) in [5.41, 5.74) is 2.28. The van der Waals surface area contributed by atoms with Gasteiger partial charge in [-0.05, 0) is 44.7 Å². The standard InChI is InChI=1S/C12H15Cl2N/c1-8(9(2)15-3)4-10-5-11(13)7-12(14)6-10/h4-7,9,15H,1-3H3/b8-4+. The van der Waals surface area contributed by atoms with Crippen LogP contribution < -0.4 is 5.32 Å². The minimum absolute atomic E-state index is 0.350. The summed E-state index contributed by atoms with van der Waals surface area (Å²) >= 11 is 11.8. The maximum absolute atomic E-state index is 5.92. The van der Waals surface area contributed by atoms with Gasteiger partial charge in [0.15, 0.2) is 0 Å². The van der Waals surface area contributed by atoms with Gasteiger partial charge in [-0.3, -0.25) is 0 Å². The van der Waals surface area contributed by atoms with Crippen LogP contribution in [-0.4, -0.2) is 13.1 Å². The van der Waals surface area contributed by atoms with E-state index in [-0.39, 0.29) is 0 Å². The van der Waals surface area contributed by atoms with E-state index in [1.165, 1.54) is 5.57 Å². The van der Waals surface area contributed by atoms with E-state index in [0.717, 1.165) is 5.56 Å². The van der Waals surface area contributed by atoms with Crippen LogP contribution in [0.3, 0.4) is 0 Å². The molecule has 1 nitrogen and oxygen atoms in total. The number of rotatable bonds is 3. The maximum Gasteiger partial charge on any atom is 0.0426 e. The molecule has 0 radical (unpaired) electrons. The molecular weight excluding hydrogens is 229 g/mol. The smallest absolute Gasteiger partial charge is 0.0426 e. The molecule has 0 saturated heterocycles. The second-order valence-electron chi connectivity index (χ2n) is 3.60. The van der Waals surface area contributed by atoms with Crippen molar-refractivity contribution >= 4 is 29.3 Å². The van der Waals surface area contributed by atoms with Crippen molar-refractivity contribution in [1.82, 2.24) is 5.32 Å². The minimum atomic E-state index is 0.350. The fraction of sp³-hybridized carbons (Fsp3) is 0.333. The summed E-state index contributed by atoms with van der Waals surface area (Å²) in [4.78, 5) is 0. The molecule has 3 heteroatoms. The molecule has 1 unspecified atom stereocenters. The average Bonchev–Trinajstić information content (AvgIpc) is 2.14. The molecule has 0 heterocycles. The van der Waals surface area contributed by atoms with Crippen LogP contribution in [0.4, 0.5) is 0 Å². The molecule has 0 amide bonds. The van der Waals surface area contributed by atoms with E-state index in [1.54, 1.807) is 6.07 Å². The molecule has 1 aromatic rings. The van der Waals surface area contributed by atoms with Crippen LogP contribution >= 0.6 is 23.2 Å². The van der Waals surface area contributed by atoms with Gasteiger partial charge in [-0.1, -0.05) is 34.9 Å². The van der Waals surface area contributed by atoms with E-state index < -0.39 is 0 Å². The Labute approximate surface area is 101 Å². The number of hydrogen-bond acceptors (Lipinski definition) is 1.